The summed E-state index contributed by atoms with van der Waals surface area (Å²) < 4.78 is 0. The van der Waals surface area contributed by atoms with Crippen molar-refractivity contribution in [2.45, 2.75) is 78.0 Å². The number of hydrogen-bond acceptors (Lipinski definition) is 2. The molecule has 1 heterocycles. The van der Waals surface area contributed by atoms with Crippen LogP contribution >= 0.6 is 0 Å². The predicted octanol–water partition coefficient (Wildman–Crippen LogP) is 2.76. The largest absolute Gasteiger partial charge is 0.323 e. The fourth-order valence-electron chi connectivity index (χ4n) is 3.52. The lowest BCUT2D eigenvalue weighted by Gasteiger charge is -2.39. The second kappa shape index (κ2) is 5.60. The maximum absolute atomic E-state index is 12.3. The maximum Gasteiger partial charge on any atom is 0.240 e. The van der Waals surface area contributed by atoms with Crippen LogP contribution in [0.15, 0.2) is 0 Å². The lowest BCUT2D eigenvalue weighted by molar-refractivity contribution is -0.133. The van der Waals surface area contributed by atoms with Gasteiger partial charge in [-0.05, 0) is 44.4 Å². The molecule has 1 saturated carbocycles. The van der Waals surface area contributed by atoms with Gasteiger partial charge < -0.3 is 4.90 Å². The van der Waals surface area contributed by atoms with Crippen molar-refractivity contribution < 1.29 is 4.79 Å². The zero-order valence-corrected chi connectivity index (χ0v) is 12.3. The van der Waals surface area contributed by atoms with Crippen LogP contribution in [0.2, 0.25) is 0 Å². The summed E-state index contributed by atoms with van der Waals surface area (Å²) in [5, 5.41) is 3.45. The van der Waals surface area contributed by atoms with Crippen LogP contribution in [0.5, 0.6) is 0 Å². The zero-order chi connectivity index (χ0) is 13.3. The molecule has 3 heteroatoms. The summed E-state index contributed by atoms with van der Waals surface area (Å²) in [4.78, 5) is 14.5. The molecule has 0 bridgehead atoms. The van der Waals surface area contributed by atoms with Crippen LogP contribution in [0.4, 0.5) is 0 Å². The molecule has 0 spiro atoms. The van der Waals surface area contributed by atoms with Crippen molar-refractivity contribution in [3.05, 3.63) is 0 Å². The summed E-state index contributed by atoms with van der Waals surface area (Å²) in [6, 6.07) is 0.480. The fourth-order valence-corrected chi connectivity index (χ4v) is 3.52. The van der Waals surface area contributed by atoms with Gasteiger partial charge in [0.05, 0.1) is 12.2 Å². The van der Waals surface area contributed by atoms with E-state index in [0.717, 1.165) is 24.7 Å². The van der Waals surface area contributed by atoms with Gasteiger partial charge in [0, 0.05) is 6.04 Å². The van der Waals surface area contributed by atoms with Crippen molar-refractivity contribution in [3.63, 3.8) is 0 Å². The zero-order valence-electron chi connectivity index (χ0n) is 12.3. The van der Waals surface area contributed by atoms with E-state index >= 15 is 0 Å². The summed E-state index contributed by atoms with van der Waals surface area (Å²) in [6.07, 6.45) is 6.13. The van der Waals surface area contributed by atoms with Crippen LogP contribution in [0, 0.1) is 11.8 Å². The Balaban J connectivity index is 2.07. The quantitative estimate of drug-likeness (QED) is 0.837. The predicted molar refractivity (Wildman–Crippen MR) is 74.1 cm³/mol. The van der Waals surface area contributed by atoms with Gasteiger partial charge in [0.1, 0.15) is 0 Å². The number of nitrogens with one attached hydrogen (secondary N) is 1. The minimum atomic E-state index is 0.0104. The molecule has 5 atom stereocenters. The SMILES string of the molecule is CCCC1NC(C)C(=O)N1C1CCC(C)C(C)C1. The lowest BCUT2D eigenvalue weighted by Crippen LogP contribution is -2.47. The first-order valence-electron chi connectivity index (χ1n) is 7.62. The molecule has 2 rings (SSSR count). The Morgan fingerprint density at radius 3 is 2.56 bits per heavy atom. The standard InChI is InChI=1S/C15H28N2O/c1-5-6-14-16-12(4)15(18)17(14)13-8-7-10(2)11(3)9-13/h10-14,16H,5-9H2,1-4H3. The summed E-state index contributed by atoms with van der Waals surface area (Å²) in [6.45, 7) is 8.87. The number of carbonyl (C=O) groups excluding carboxylic acids is 1. The molecule has 1 saturated heterocycles. The first kappa shape index (κ1) is 13.9. The second-order valence-corrected chi connectivity index (χ2v) is 6.36. The summed E-state index contributed by atoms with van der Waals surface area (Å²) in [5.41, 5.74) is 0. The van der Waals surface area contributed by atoms with E-state index in [1.807, 2.05) is 6.92 Å². The third kappa shape index (κ3) is 2.56. The molecule has 2 fully saturated rings. The summed E-state index contributed by atoms with van der Waals surface area (Å²) in [5.74, 6) is 1.88. The lowest BCUT2D eigenvalue weighted by atomic mass is 9.78. The molecule has 1 N–H and O–H groups in total. The molecular weight excluding hydrogens is 224 g/mol. The van der Waals surface area contributed by atoms with Crippen LogP contribution in [0.3, 0.4) is 0 Å². The molecule has 0 aromatic heterocycles. The van der Waals surface area contributed by atoms with Gasteiger partial charge in [0.15, 0.2) is 0 Å². The highest BCUT2D eigenvalue weighted by Crippen LogP contribution is 2.34. The number of rotatable bonds is 3. The molecule has 104 valence electrons. The van der Waals surface area contributed by atoms with Gasteiger partial charge in [-0.25, -0.2) is 0 Å². The van der Waals surface area contributed by atoms with Crippen molar-refractivity contribution in [1.82, 2.24) is 10.2 Å². The average molecular weight is 252 g/mol. The second-order valence-electron chi connectivity index (χ2n) is 6.36. The van der Waals surface area contributed by atoms with Crippen molar-refractivity contribution in [3.8, 4) is 0 Å². The Morgan fingerprint density at radius 1 is 1.22 bits per heavy atom. The van der Waals surface area contributed by atoms with E-state index in [9.17, 15) is 4.79 Å². The molecule has 0 radical (unpaired) electrons. The number of hydrogen-bond donors (Lipinski definition) is 1. The van der Waals surface area contributed by atoms with Crippen molar-refractivity contribution in [1.29, 1.82) is 0 Å². The van der Waals surface area contributed by atoms with E-state index < -0.39 is 0 Å². The van der Waals surface area contributed by atoms with E-state index in [1.54, 1.807) is 0 Å². The van der Waals surface area contributed by atoms with E-state index in [0.29, 0.717) is 11.9 Å². The Bertz CT molecular complexity index is 305. The molecule has 3 nitrogen and oxygen atoms in total. The minimum absolute atomic E-state index is 0.0104. The molecule has 1 amide bonds. The van der Waals surface area contributed by atoms with Crippen molar-refractivity contribution in [2.24, 2.45) is 11.8 Å². The Hall–Kier alpha value is -0.570. The molecule has 1 aliphatic carbocycles. The molecule has 0 aromatic carbocycles. The van der Waals surface area contributed by atoms with Crippen LogP contribution in [0.1, 0.15) is 59.8 Å². The van der Waals surface area contributed by atoms with Gasteiger partial charge >= 0.3 is 0 Å². The van der Waals surface area contributed by atoms with Crippen LogP contribution in [0.25, 0.3) is 0 Å². The molecule has 5 unspecified atom stereocenters. The molecule has 0 aromatic rings. The van der Waals surface area contributed by atoms with E-state index in [-0.39, 0.29) is 12.2 Å². The minimum Gasteiger partial charge on any atom is -0.323 e. The van der Waals surface area contributed by atoms with Crippen molar-refractivity contribution in [2.75, 3.05) is 0 Å². The number of amides is 1. The highest BCUT2D eigenvalue weighted by molar-refractivity contribution is 5.84. The van der Waals surface area contributed by atoms with Gasteiger partial charge in [-0.1, -0.05) is 27.2 Å². The number of carbonyl (C=O) groups is 1. The van der Waals surface area contributed by atoms with Crippen LogP contribution < -0.4 is 5.32 Å². The van der Waals surface area contributed by atoms with Crippen LogP contribution in [-0.2, 0) is 4.79 Å². The Morgan fingerprint density at radius 2 is 1.94 bits per heavy atom. The topological polar surface area (TPSA) is 32.3 Å². The average Bonchev–Trinajstić information content (AvgIpc) is 2.60. The molecular formula is C15H28N2O. The Kier molecular flexibility index (Phi) is 4.31. The molecule has 18 heavy (non-hydrogen) atoms. The van der Waals surface area contributed by atoms with Gasteiger partial charge in [-0.3, -0.25) is 10.1 Å². The van der Waals surface area contributed by atoms with Crippen LogP contribution in [-0.4, -0.2) is 29.1 Å². The monoisotopic (exact) mass is 252 g/mol. The van der Waals surface area contributed by atoms with Gasteiger partial charge in [-0.2, -0.15) is 0 Å². The van der Waals surface area contributed by atoms with Gasteiger partial charge in [-0.15, -0.1) is 0 Å². The fraction of sp³-hybridized carbons (Fsp3) is 0.933. The first-order chi connectivity index (χ1) is 8.54. The number of nitrogens with zero attached hydrogens (tertiary/aromatic N) is 1. The third-order valence-corrected chi connectivity index (χ3v) is 4.93. The Labute approximate surface area is 111 Å². The normalized spacial score (nSPS) is 41.4. The van der Waals surface area contributed by atoms with E-state index in [2.05, 4.69) is 31.0 Å². The van der Waals surface area contributed by atoms with Gasteiger partial charge in [0.25, 0.3) is 0 Å². The molecule has 1 aliphatic heterocycles. The van der Waals surface area contributed by atoms with E-state index in [4.69, 9.17) is 0 Å². The first-order valence-corrected chi connectivity index (χ1v) is 7.62. The summed E-state index contributed by atoms with van der Waals surface area (Å²) in [7, 11) is 0. The maximum atomic E-state index is 12.3. The summed E-state index contributed by atoms with van der Waals surface area (Å²) >= 11 is 0. The van der Waals surface area contributed by atoms with Gasteiger partial charge in [0.2, 0.25) is 5.91 Å². The highest BCUT2D eigenvalue weighted by atomic mass is 16.2. The smallest absolute Gasteiger partial charge is 0.240 e. The highest BCUT2D eigenvalue weighted by Gasteiger charge is 2.41. The van der Waals surface area contributed by atoms with Crippen molar-refractivity contribution >= 4 is 5.91 Å². The van der Waals surface area contributed by atoms with E-state index in [1.165, 1.54) is 19.3 Å². The third-order valence-electron chi connectivity index (χ3n) is 4.93. The molecule has 2 aliphatic rings.